The van der Waals surface area contributed by atoms with E-state index in [2.05, 4.69) is 15.0 Å². The molecular formula is C20H26N6O3. The van der Waals surface area contributed by atoms with E-state index in [-0.39, 0.29) is 29.8 Å². The number of fused-ring (bicyclic) bond motifs is 1. The van der Waals surface area contributed by atoms with E-state index in [0.29, 0.717) is 42.9 Å². The maximum absolute atomic E-state index is 12.7. The van der Waals surface area contributed by atoms with Crippen molar-refractivity contribution in [2.45, 2.75) is 31.6 Å². The number of aromatic amines is 1. The molecule has 154 valence electrons. The maximum atomic E-state index is 12.7. The summed E-state index contributed by atoms with van der Waals surface area (Å²) in [5.74, 6) is 0.620. The van der Waals surface area contributed by atoms with Gasteiger partial charge in [0.1, 0.15) is 0 Å². The lowest BCUT2D eigenvalue weighted by Crippen LogP contribution is -2.45. The second-order valence-electron chi connectivity index (χ2n) is 8.01. The van der Waals surface area contributed by atoms with Gasteiger partial charge in [0.2, 0.25) is 17.8 Å². The summed E-state index contributed by atoms with van der Waals surface area (Å²) in [6.45, 7) is 2.03. The van der Waals surface area contributed by atoms with Gasteiger partial charge in [0, 0.05) is 58.0 Å². The SMILES string of the molecule is CN(C)c1ncc2c(=O)[nH]c([C@@H]3CCCN(C(=O)CN4CCCC4=O)C3)cc2n1. The van der Waals surface area contributed by atoms with Crippen LogP contribution < -0.4 is 10.5 Å². The molecule has 9 nitrogen and oxygen atoms in total. The highest BCUT2D eigenvalue weighted by molar-refractivity contribution is 5.86. The fourth-order valence-corrected chi connectivity index (χ4v) is 4.08. The molecule has 0 radical (unpaired) electrons. The number of carbonyl (C=O) groups is 2. The second-order valence-corrected chi connectivity index (χ2v) is 8.01. The highest BCUT2D eigenvalue weighted by Gasteiger charge is 2.29. The summed E-state index contributed by atoms with van der Waals surface area (Å²) in [5.41, 5.74) is 1.18. The number of rotatable bonds is 4. The van der Waals surface area contributed by atoms with E-state index in [1.54, 1.807) is 16.0 Å². The van der Waals surface area contributed by atoms with Gasteiger partial charge in [-0.15, -0.1) is 0 Å². The van der Waals surface area contributed by atoms with Crippen LogP contribution in [0, 0.1) is 0 Å². The lowest BCUT2D eigenvalue weighted by Gasteiger charge is -2.33. The number of likely N-dealkylation sites (tertiary alicyclic amines) is 2. The van der Waals surface area contributed by atoms with Crippen molar-refractivity contribution in [2.24, 2.45) is 0 Å². The first kappa shape index (κ1) is 19.4. The lowest BCUT2D eigenvalue weighted by atomic mass is 9.94. The van der Waals surface area contributed by atoms with E-state index in [4.69, 9.17) is 0 Å². The standard InChI is InChI=1S/C20H26N6O3/c1-24(2)20-21-10-14-16(23-20)9-15(22-19(14)29)13-5-3-7-25(11-13)18(28)12-26-8-4-6-17(26)27/h9-10,13H,3-8,11-12H2,1-2H3,(H,22,29)/t13-/m1/s1. The molecule has 2 saturated heterocycles. The molecule has 0 unspecified atom stereocenters. The molecule has 4 heterocycles. The zero-order valence-corrected chi connectivity index (χ0v) is 16.8. The van der Waals surface area contributed by atoms with E-state index < -0.39 is 0 Å². The number of hydrogen-bond donors (Lipinski definition) is 1. The van der Waals surface area contributed by atoms with Gasteiger partial charge in [0.05, 0.1) is 17.4 Å². The molecule has 0 aromatic carbocycles. The number of carbonyl (C=O) groups excluding carboxylic acids is 2. The summed E-state index contributed by atoms with van der Waals surface area (Å²) in [7, 11) is 3.70. The van der Waals surface area contributed by atoms with Crippen LogP contribution in [0.3, 0.4) is 0 Å². The zero-order valence-electron chi connectivity index (χ0n) is 16.8. The van der Waals surface area contributed by atoms with E-state index in [0.717, 1.165) is 25.0 Å². The fraction of sp³-hybridized carbons (Fsp3) is 0.550. The number of hydrogen-bond acceptors (Lipinski definition) is 6. The summed E-state index contributed by atoms with van der Waals surface area (Å²) in [6, 6.07) is 1.90. The molecule has 9 heteroatoms. The van der Waals surface area contributed by atoms with Gasteiger partial charge in [-0.1, -0.05) is 0 Å². The number of nitrogens with zero attached hydrogens (tertiary/aromatic N) is 5. The molecule has 2 fully saturated rings. The van der Waals surface area contributed by atoms with Gasteiger partial charge in [0.25, 0.3) is 5.56 Å². The first-order valence-corrected chi connectivity index (χ1v) is 10.0. The van der Waals surface area contributed by atoms with Crippen LogP contribution in [-0.4, -0.2) is 76.8 Å². The summed E-state index contributed by atoms with van der Waals surface area (Å²) >= 11 is 0. The topological polar surface area (TPSA) is 103 Å². The Hall–Kier alpha value is -2.97. The molecule has 0 spiro atoms. The summed E-state index contributed by atoms with van der Waals surface area (Å²) in [5, 5.41) is 0.454. The number of nitrogens with one attached hydrogen (secondary N) is 1. The van der Waals surface area contributed by atoms with E-state index in [1.807, 2.05) is 25.1 Å². The number of H-pyrrole nitrogens is 1. The normalized spacial score (nSPS) is 19.8. The predicted molar refractivity (Wildman–Crippen MR) is 109 cm³/mol. The highest BCUT2D eigenvalue weighted by Crippen LogP contribution is 2.27. The molecule has 1 N–H and O–H groups in total. The van der Waals surface area contributed by atoms with Gasteiger partial charge in [-0.25, -0.2) is 9.97 Å². The van der Waals surface area contributed by atoms with E-state index in [9.17, 15) is 14.4 Å². The highest BCUT2D eigenvalue weighted by atomic mass is 16.2. The molecule has 2 amide bonds. The van der Waals surface area contributed by atoms with Crippen molar-refractivity contribution >= 4 is 28.7 Å². The average Bonchev–Trinajstić information content (AvgIpc) is 3.12. The number of pyridine rings is 1. The Bertz CT molecular complexity index is 1000. The summed E-state index contributed by atoms with van der Waals surface area (Å²) < 4.78 is 0. The van der Waals surface area contributed by atoms with Crippen LogP contribution in [0.4, 0.5) is 5.95 Å². The van der Waals surface area contributed by atoms with Crippen molar-refractivity contribution in [3.05, 3.63) is 28.3 Å². The Morgan fingerprint density at radius 2 is 2.10 bits per heavy atom. The number of aromatic nitrogens is 3. The molecule has 4 rings (SSSR count). The minimum absolute atomic E-state index is 0.0229. The smallest absolute Gasteiger partial charge is 0.259 e. The van der Waals surface area contributed by atoms with Gasteiger partial charge >= 0.3 is 0 Å². The second kappa shape index (κ2) is 7.81. The number of anilines is 1. The van der Waals surface area contributed by atoms with Crippen LogP contribution in [0.5, 0.6) is 0 Å². The quantitative estimate of drug-likeness (QED) is 0.814. The largest absolute Gasteiger partial charge is 0.347 e. The number of amides is 2. The third-order valence-electron chi connectivity index (χ3n) is 5.71. The van der Waals surface area contributed by atoms with Crippen LogP contribution >= 0.6 is 0 Å². The maximum Gasteiger partial charge on any atom is 0.259 e. The minimum atomic E-state index is -0.214. The minimum Gasteiger partial charge on any atom is -0.347 e. The van der Waals surface area contributed by atoms with Gasteiger partial charge < -0.3 is 19.7 Å². The Morgan fingerprint density at radius 3 is 2.83 bits per heavy atom. The Labute approximate surface area is 168 Å². The average molecular weight is 398 g/mol. The van der Waals surface area contributed by atoms with Gasteiger partial charge in [0.15, 0.2) is 0 Å². The summed E-state index contributed by atoms with van der Waals surface area (Å²) in [6.07, 6.45) is 4.65. The van der Waals surface area contributed by atoms with Gasteiger partial charge in [-0.2, -0.15) is 0 Å². The first-order chi connectivity index (χ1) is 13.9. The monoisotopic (exact) mass is 398 g/mol. The van der Waals surface area contributed by atoms with E-state index in [1.165, 1.54) is 0 Å². The van der Waals surface area contributed by atoms with E-state index >= 15 is 0 Å². The number of piperidine rings is 1. The Balaban J connectivity index is 1.54. The third kappa shape index (κ3) is 3.94. The molecule has 2 aliphatic rings. The van der Waals surface area contributed by atoms with Crippen LogP contribution in [0.1, 0.15) is 37.3 Å². The lowest BCUT2D eigenvalue weighted by molar-refractivity contribution is -0.139. The molecule has 2 aliphatic heterocycles. The van der Waals surface area contributed by atoms with Crippen LogP contribution in [0.2, 0.25) is 0 Å². The molecule has 0 aliphatic carbocycles. The van der Waals surface area contributed by atoms with Crippen LogP contribution in [0.15, 0.2) is 17.1 Å². The molecule has 0 bridgehead atoms. The molecule has 2 aromatic rings. The third-order valence-corrected chi connectivity index (χ3v) is 5.71. The van der Waals surface area contributed by atoms with Gasteiger partial charge in [-0.05, 0) is 25.3 Å². The molecule has 1 atom stereocenters. The van der Waals surface area contributed by atoms with Crippen molar-refractivity contribution in [3.63, 3.8) is 0 Å². The predicted octanol–water partition coefficient (Wildman–Crippen LogP) is 0.713. The zero-order chi connectivity index (χ0) is 20.5. The molecule has 29 heavy (non-hydrogen) atoms. The fourth-order valence-electron chi connectivity index (χ4n) is 4.08. The summed E-state index contributed by atoms with van der Waals surface area (Å²) in [4.78, 5) is 54.0. The molecule has 2 aromatic heterocycles. The van der Waals surface area contributed by atoms with Crippen molar-refractivity contribution < 1.29 is 9.59 Å². The van der Waals surface area contributed by atoms with Crippen LogP contribution in [0.25, 0.3) is 10.9 Å². The van der Waals surface area contributed by atoms with Gasteiger partial charge in [-0.3, -0.25) is 14.4 Å². The van der Waals surface area contributed by atoms with Crippen molar-refractivity contribution in [1.82, 2.24) is 24.8 Å². The van der Waals surface area contributed by atoms with Crippen molar-refractivity contribution in [1.29, 1.82) is 0 Å². The van der Waals surface area contributed by atoms with Crippen molar-refractivity contribution in [3.8, 4) is 0 Å². The van der Waals surface area contributed by atoms with Crippen LogP contribution in [-0.2, 0) is 9.59 Å². The molecular weight excluding hydrogens is 372 g/mol. The Morgan fingerprint density at radius 1 is 1.28 bits per heavy atom. The first-order valence-electron chi connectivity index (χ1n) is 10.0. The Kier molecular flexibility index (Phi) is 5.21. The molecule has 0 saturated carbocycles. The van der Waals surface area contributed by atoms with Crippen molar-refractivity contribution in [2.75, 3.05) is 45.2 Å².